The lowest BCUT2D eigenvalue weighted by Crippen LogP contribution is -1.95. The maximum atomic E-state index is 4.32. The van der Waals surface area contributed by atoms with Crippen molar-refractivity contribution in [2.24, 2.45) is 0 Å². The molecule has 0 aromatic carbocycles. The molecule has 2 aromatic heterocycles. The second-order valence-corrected chi connectivity index (χ2v) is 4.20. The first kappa shape index (κ1) is 9.15. The van der Waals surface area contributed by atoms with Crippen molar-refractivity contribution in [3.63, 3.8) is 0 Å². The van der Waals surface area contributed by atoms with Gasteiger partial charge in [0.15, 0.2) is 5.82 Å². The molecule has 0 amide bonds. The van der Waals surface area contributed by atoms with Crippen molar-refractivity contribution in [2.75, 3.05) is 12.4 Å². The molecule has 3 nitrogen and oxygen atoms in total. The van der Waals surface area contributed by atoms with Gasteiger partial charge in [-0.1, -0.05) is 0 Å². The first-order valence-electron chi connectivity index (χ1n) is 4.37. The Morgan fingerprint density at radius 3 is 2.64 bits per heavy atom. The third-order valence-corrected chi connectivity index (χ3v) is 2.92. The molecule has 0 aliphatic carbocycles. The monoisotopic (exact) mass is 205 g/mol. The van der Waals surface area contributed by atoms with Crippen LogP contribution in [-0.2, 0) is 0 Å². The minimum Gasteiger partial charge on any atom is -0.371 e. The van der Waals surface area contributed by atoms with E-state index in [1.54, 1.807) is 23.7 Å². The van der Waals surface area contributed by atoms with Crippen LogP contribution in [-0.4, -0.2) is 17.0 Å². The number of hydrogen-bond donors (Lipinski definition) is 1. The lowest BCUT2D eigenvalue weighted by Gasteiger charge is -2.03. The quantitative estimate of drug-likeness (QED) is 0.818. The van der Waals surface area contributed by atoms with Crippen molar-refractivity contribution in [3.05, 3.63) is 29.4 Å². The summed E-state index contributed by atoms with van der Waals surface area (Å²) in [4.78, 5) is 11.0. The van der Waals surface area contributed by atoms with Gasteiger partial charge < -0.3 is 5.32 Å². The number of hydrogen-bond acceptors (Lipinski definition) is 4. The van der Waals surface area contributed by atoms with Crippen LogP contribution in [0.25, 0.3) is 10.6 Å². The minimum atomic E-state index is 0.828. The third kappa shape index (κ3) is 1.61. The summed E-state index contributed by atoms with van der Waals surface area (Å²) in [6.07, 6.45) is 3.40. The van der Waals surface area contributed by atoms with Gasteiger partial charge in [0.2, 0.25) is 0 Å². The van der Waals surface area contributed by atoms with Gasteiger partial charge in [0.25, 0.3) is 0 Å². The molecule has 0 fully saturated rings. The molecule has 0 aliphatic rings. The van der Waals surface area contributed by atoms with Crippen LogP contribution in [0.2, 0.25) is 0 Å². The molecular weight excluding hydrogens is 194 g/mol. The highest BCUT2D eigenvalue weighted by molar-refractivity contribution is 7.15. The number of nitrogens with zero attached hydrogens (tertiary/aromatic N) is 2. The average Bonchev–Trinajstić information content (AvgIpc) is 2.65. The molecule has 0 unspecified atom stereocenters. The summed E-state index contributed by atoms with van der Waals surface area (Å²) >= 11 is 1.73. The van der Waals surface area contributed by atoms with E-state index in [0.717, 1.165) is 16.4 Å². The van der Waals surface area contributed by atoms with Crippen LogP contribution in [0.4, 0.5) is 5.82 Å². The van der Waals surface area contributed by atoms with Gasteiger partial charge in [-0.3, -0.25) is 0 Å². The minimum absolute atomic E-state index is 0.828. The van der Waals surface area contributed by atoms with E-state index in [2.05, 4.69) is 34.3 Å². The van der Waals surface area contributed by atoms with Crippen molar-refractivity contribution >= 4 is 17.2 Å². The van der Waals surface area contributed by atoms with Crippen LogP contribution in [0.15, 0.2) is 24.5 Å². The van der Waals surface area contributed by atoms with Crippen molar-refractivity contribution < 1.29 is 0 Å². The standard InChI is InChI=1S/C10H11N3S/c1-7-3-4-8(14-7)9-10(11-2)13-6-5-12-9/h3-6H,1-2H3,(H,11,13). The Kier molecular flexibility index (Phi) is 2.45. The first-order valence-corrected chi connectivity index (χ1v) is 5.18. The number of aryl methyl sites for hydroxylation is 1. The van der Waals surface area contributed by atoms with Gasteiger partial charge in [-0.05, 0) is 19.1 Å². The Morgan fingerprint density at radius 1 is 1.21 bits per heavy atom. The highest BCUT2D eigenvalue weighted by Crippen LogP contribution is 2.29. The summed E-state index contributed by atoms with van der Waals surface area (Å²) in [6.45, 7) is 2.09. The molecule has 0 radical (unpaired) electrons. The summed E-state index contributed by atoms with van der Waals surface area (Å²) in [5.74, 6) is 0.828. The second kappa shape index (κ2) is 3.75. The van der Waals surface area contributed by atoms with Crippen LogP contribution in [0, 0.1) is 6.92 Å². The van der Waals surface area contributed by atoms with E-state index in [1.807, 2.05) is 7.05 Å². The van der Waals surface area contributed by atoms with E-state index in [4.69, 9.17) is 0 Å². The average molecular weight is 205 g/mol. The topological polar surface area (TPSA) is 37.8 Å². The lowest BCUT2D eigenvalue weighted by molar-refractivity contribution is 1.20. The normalized spacial score (nSPS) is 10.1. The molecule has 0 aliphatic heterocycles. The number of anilines is 1. The van der Waals surface area contributed by atoms with Crippen molar-refractivity contribution in [2.45, 2.75) is 6.92 Å². The molecule has 0 spiro atoms. The van der Waals surface area contributed by atoms with Crippen LogP contribution in [0.5, 0.6) is 0 Å². The molecular formula is C10H11N3S. The summed E-state index contributed by atoms with van der Waals surface area (Å²) in [7, 11) is 1.86. The molecule has 0 atom stereocenters. The van der Waals surface area contributed by atoms with E-state index >= 15 is 0 Å². The zero-order valence-electron chi connectivity index (χ0n) is 8.11. The van der Waals surface area contributed by atoms with Crippen molar-refractivity contribution in [1.82, 2.24) is 9.97 Å². The fourth-order valence-corrected chi connectivity index (χ4v) is 2.13. The van der Waals surface area contributed by atoms with Gasteiger partial charge >= 0.3 is 0 Å². The third-order valence-electron chi connectivity index (χ3n) is 1.91. The Bertz CT molecular complexity index is 436. The zero-order valence-corrected chi connectivity index (χ0v) is 8.93. The highest BCUT2D eigenvalue weighted by atomic mass is 32.1. The van der Waals surface area contributed by atoms with Gasteiger partial charge in [0, 0.05) is 24.3 Å². The predicted octanol–water partition coefficient (Wildman–Crippen LogP) is 2.56. The van der Waals surface area contributed by atoms with Crippen LogP contribution >= 0.6 is 11.3 Å². The first-order chi connectivity index (χ1) is 6.81. The van der Waals surface area contributed by atoms with Gasteiger partial charge in [0.05, 0.1) is 4.88 Å². The molecule has 0 bridgehead atoms. The smallest absolute Gasteiger partial charge is 0.153 e. The largest absolute Gasteiger partial charge is 0.371 e. The van der Waals surface area contributed by atoms with E-state index < -0.39 is 0 Å². The molecule has 4 heteroatoms. The lowest BCUT2D eigenvalue weighted by atomic mass is 10.3. The molecule has 2 aromatic rings. The summed E-state index contributed by atoms with van der Waals surface area (Å²) in [5, 5.41) is 3.04. The fourth-order valence-electron chi connectivity index (χ4n) is 1.26. The Morgan fingerprint density at radius 2 is 2.00 bits per heavy atom. The van der Waals surface area contributed by atoms with Gasteiger partial charge in [-0.15, -0.1) is 11.3 Å². The van der Waals surface area contributed by atoms with Crippen molar-refractivity contribution in [1.29, 1.82) is 0 Å². The molecule has 2 rings (SSSR count). The zero-order chi connectivity index (χ0) is 9.97. The maximum absolute atomic E-state index is 4.32. The number of aromatic nitrogens is 2. The Balaban J connectivity index is 2.50. The van der Waals surface area contributed by atoms with Crippen LogP contribution < -0.4 is 5.32 Å². The van der Waals surface area contributed by atoms with E-state index in [1.165, 1.54) is 4.88 Å². The number of rotatable bonds is 2. The predicted molar refractivity (Wildman–Crippen MR) is 59.6 cm³/mol. The van der Waals surface area contributed by atoms with Crippen molar-refractivity contribution in [3.8, 4) is 10.6 Å². The van der Waals surface area contributed by atoms with Gasteiger partial charge in [0.1, 0.15) is 5.69 Å². The maximum Gasteiger partial charge on any atom is 0.153 e. The summed E-state index contributed by atoms with van der Waals surface area (Å²) < 4.78 is 0. The van der Waals surface area contributed by atoms with E-state index in [0.29, 0.717) is 0 Å². The summed E-state index contributed by atoms with van der Waals surface area (Å²) in [6, 6.07) is 4.17. The van der Waals surface area contributed by atoms with E-state index in [9.17, 15) is 0 Å². The molecule has 0 saturated carbocycles. The van der Waals surface area contributed by atoms with Crippen LogP contribution in [0.1, 0.15) is 4.88 Å². The second-order valence-electron chi connectivity index (χ2n) is 2.91. The SMILES string of the molecule is CNc1nccnc1-c1ccc(C)s1. The molecule has 14 heavy (non-hydrogen) atoms. The van der Waals surface area contributed by atoms with E-state index in [-0.39, 0.29) is 0 Å². The highest BCUT2D eigenvalue weighted by Gasteiger charge is 2.07. The number of thiophene rings is 1. The Hall–Kier alpha value is -1.42. The van der Waals surface area contributed by atoms with Gasteiger partial charge in [-0.2, -0.15) is 0 Å². The fraction of sp³-hybridized carbons (Fsp3) is 0.200. The molecule has 72 valence electrons. The van der Waals surface area contributed by atoms with Gasteiger partial charge in [-0.25, -0.2) is 9.97 Å². The van der Waals surface area contributed by atoms with Crippen LogP contribution in [0.3, 0.4) is 0 Å². The molecule has 0 saturated heterocycles. The number of nitrogens with one attached hydrogen (secondary N) is 1. The molecule has 2 heterocycles. The molecule has 1 N–H and O–H groups in total. The Labute approximate surface area is 86.8 Å². The summed E-state index contributed by atoms with van der Waals surface area (Å²) in [5.41, 5.74) is 0.924.